The van der Waals surface area contributed by atoms with Gasteiger partial charge in [-0.05, 0) is 61.7 Å². The van der Waals surface area contributed by atoms with Gasteiger partial charge in [0.25, 0.3) is 11.7 Å². The lowest BCUT2D eigenvalue weighted by Gasteiger charge is -2.28. The Kier molecular flexibility index (Phi) is 5.62. The Balaban J connectivity index is 1.28. The first-order valence-electron chi connectivity index (χ1n) is 11.0. The number of carbonyl (C=O) groups excluding carboxylic acids is 1. The molecule has 1 amide bonds. The number of amides is 1. The number of benzene rings is 2. The summed E-state index contributed by atoms with van der Waals surface area (Å²) in [5.41, 5.74) is 4.34. The number of rotatable bonds is 5. The first-order valence-corrected chi connectivity index (χ1v) is 12.4. The first-order chi connectivity index (χ1) is 16.3. The number of hydrogen-bond acceptors (Lipinski definition) is 6. The van der Waals surface area contributed by atoms with E-state index in [4.69, 9.17) is 0 Å². The van der Waals surface area contributed by atoms with E-state index < -0.39 is 10.0 Å². The molecule has 0 saturated carbocycles. The highest BCUT2D eigenvalue weighted by atomic mass is 32.2. The largest absolute Gasteiger partial charge is 0.345 e. The molecule has 2 aromatic carbocycles. The molecule has 1 aliphatic rings. The average Bonchev–Trinajstić information content (AvgIpc) is 3.25. The van der Waals surface area contributed by atoms with Gasteiger partial charge in [-0.3, -0.25) is 9.20 Å². The van der Waals surface area contributed by atoms with Gasteiger partial charge in [-0.25, -0.2) is 13.4 Å². The standard InChI is InChI=1S/C24H24N6O3S/c1-16-13-17(2)30-22(27-28-24(30)26-16)14-25-23(31)19-7-9-21(10-8-19)34(32,33)29-12-11-18-5-3-4-6-20(18)15-29/h3-10,13H,11-12,14-15H2,1-2H3,(H,25,31). The highest BCUT2D eigenvalue weighted by Gasteiger charge is 2.28. The Morgan fingerprint density at radius 1 is 1.03 bits per heavy atom. The maximum absolute atomic E-state index is 13.1. The molecular weight excluding hydrogens is 452 g/mol. The molecule has 0 bridgehead atoms. The Bertz CT molecular complexity index is 1500. The van der Waals surface area contributed by atoms with Crippen LogP contribution in [0, 0.1) is 13.8 Å². The Morgan fingerprint density at radius 3 is 2.53 bits per heavy atom. The van der Waals surface area contributed by atoms with Gasteiger partial charge in [0.05, 0.1) is 11.4 Å². The van der Waals surface area contributed by atoms with E-state index in [1.54, 1.807) is 4.40 Å². The number of nitrogens with zero attached hydrogens (tertiary/aromatic N) is 5. The van der Waals surface area contributed by atoms with E-state index in [1.165, 1.54) is 34.1 Å². The summed E-state index contributed by atoms with van der Waals surface area (Å²) in [6.45, 7) is 4.76. The molecule has 10 heteroatoms. The van der Waals surface area contributed by atoms with Crippen LogP contribution in [0.25, 0.3) is 5.78 Å². The van der Waals surface area contributed by atoms with Crippen LogP contribution in [0.2, 0.25) is 0 Å². The normalized spacial score (nSPS) is 14.2. The number of aromatic nitrogens is 4. The monoisotopic (exact) mass is 476 g/mol. The Labute approximate surface area is 197 Å². The van der Waals surface area contributed by atoms with Crippen LogP contribution in [0.4, 0.5) is 0 Å². The van der Waals surface area contributed by atoms with Gasteiger partial charge in [0, 0.05) is 30.0 Å². The molecule has 3 heterocycles. The van der Waals surface area contributed by atoms with E-state index in [2.05, 4.69) is 20.5 Å². The molecule has 0 saturated heterocycles. The third-order valence-electron chi connectivity index (χ3n) is 6.02. The molecule has 0 unspecified atom stereocenters. The van der Waals surface area contributed by atoms with Crippen molar-refractivity contribution in [2.75, 3.05) is 6.54 Å². The summed E-state index contributed by atoms with van der Waals surface area (Å²) in [7, 11) is -3.65. The number of hydrogen-bond donors (Lipinski definition) is 1. The van der Waals surface area contributed by atoms with Crippen molar-refractivity contribution in [3.05, 3.63) is 88.5 Å². The van der Waals surface area contributed by atoms with Gasteiger partial charge in [-0.2, -0.15) is 4.31 Å². The van der Waals surface area contributed by atoms with Crippen LogP contribution in [-0.4, -0.2) is 44.8 Å². The molecule has 5 rings (SSSR count). The van der Waals surface area contributed by atoms with E-state index in [0.717, 1.165) is 17.0 Å². The lowest BCUT2D eigenvalue weighted by atomic mass is 10.0. The number of sulfonamides is 1. The molecule has 4 aromatic rings. The quantitative estimate of drug-likeness (QED) is 0.474. The molecule has 0 aliphatic carbocycles. The van der Waals surface area contributed by atoms with E-state index >= 15 is 0 Å². The van der Waals surface area contributed by atoms with Crippen molar-refractivity contribution >= 4 is 21.7 Å². The third kappa shape index (κ3) is 4.06. The maximum Gasteiger partial charge on any atom is 0.255 e. The molecule has 1 N–H and O–H groups in total. The predicted octanol–water partition coefficient (Wildman–Crippen LogP) is 2.42. The topological polar surface area (TPSA) is 110 Å². The Morgan fingerprint density at radius 2 is 1.76 bits per heavy atom. The lowest BCUT2D eigenvalue weighted by molar-refractivity contribution is 0.0949. The summed E-state index contributed by atoms with van der Waals surface area (Å²) in [6, 6.07) is 15.8. The fourth-order valence-corrected chi connectivity index (χ4v) is 5.69. The summed E-state index contributed by atoms with van der Waals surface area (Å²) in [6.07, 6.45) is 0.682. The van der Waals surface area contributed by atoms with Gasteiger partial charge < -0.3 is 5.32 Å². The molecule has 0 spiro atoms. The first kappa shape index (κ1) is 22.2. The number of fused-ring (bicyclic) bond motifs is 2. The average molecular weight is 477 g/mol. The predicted molar refractivity (Wildman–Crippen MR) is 126 cm³/mol. The van der Waals surface area contributed by atoms with Crippen LogP contribution < -0.4 is 5.32 Å². The molecule has 0 atom stereocenters. The minimum Gasteiger partial charge on any atom is -0.345 e. The molecule has 0 fully saturated rings. The molecule has 34 heavy (non-hydrogen) atoms. The molecule has 174 valence electrons. The van der Waals surface area contributed by atoms with Gasteiger partial charge in [-0.15, -0.1) is 10.2 Å². The zero-order valence-electron chi connectivity index (χ0n) is 18.9. The highest BCUT2D eigenvalue weighted by Crippen LogP contribution is 2.25. The van der Waals surface area contributed by atoms with Gasteiger partial charge in [0.1, 0.15) is 0 Å². The van der Waals surface area contributed by atoms with Gasteiger partial charge in [0.2, 0.25) is 10.0 Å². The number of carbonyl (C=O) groups is 1. The summed E-state index contributed by atoms with van der Waals surface area (Å²) >= 11 is 0. The fraction of sp³-hybridized carbons (Fsp3) is 0.250. The second-order valence-electron chi connectivity index (χ2n) is 8.35. The van der Waals surface area contributed by atoms with Crippen molar-refractivity contribution in [1.29, 1.82) is 0 Å². The molecule has 1 aliphatic heterocycles. The minimum atomic E-state index is -3.65. The molecular formula is C24H24N6O3S. The van der Waals surface area contributed by atoms with E-state index in [0.29, 0.717) is 36.7 Å². The van der Waals surface area contributed by atoms with Crippen LogP contribution in [-0.2, 0) is 29.5 Å². The van der Waals surface area contributed by atoms with Gasteiger partial charge >= 0.3 is 0 Å². The van der Waals surface area contributed by atoms with Crippen LogP contribution >= 0.6 is 0 Å². The third-order valence-corrected chi connectivity index (χ3v) is 7.88. The number of nitrogens with one attached hydrogen (secondary N) is 1. The van der Waals surface area contributed by atoms with Crippen molar-refractivity contribution in [1.82, 2.24) is 29.2 Å². The summed E-state index contributed by atoms with van der Waals surface area (Å²) in [5.74, 6) is 0.722. The van der Waals surface area contributed by atoms with E-state index in [1.807, 2.05) is 44.2 Å². The van der Waals surface area contributed by atoms with Gasteiger partial charge in [-0.1, -0.05) is 24.3 Å². The lowest BCUT2D eigenvalue weighted by Crippen LogP contribution is -2.36. The van der Waals surface area contributed by atoms with Gasteiger partial charge in [0.15, 0.2) is 5.82 Å². The van der Waals surface area contributed by atoms with Crippen LogP contribution in [0.15, 0.2) is 59.5 Å². The molecule has 0 radical (unpaired) electrons. The van der Waals surface area contributed by atoms with Crippen LogP contribution in [0.3, 0.4) is 0 Å². The van der Waals surface area contributed by atoms with E-state index in [-0.39, 0.29) is 17.3 Å². The highest BCUT2D eigenvalue weighted by molar-refractivity contribution is 7.89. The number of aryl methyl sites for hydroxylation is 2. The Hall–Kier alpha value is -3.63. The van der Waals surface area contributed by atoms with Crippen molar-refractivity contribution in [3.8, 4) is 0 Å². The smallest absolute Gasteiger partial charge is 0.255 e. The summed E-state index contributed by atoms with van der Waals surface area (Å²) in [5, 5.41) is 11.0. The second kappa shape index (κ2) is 8.62. The van der Waals surface area contributed by atoms with E-state index in [9.17, 15) is 13.2 Å². The second-order valence-corrected chi connectivity index (χ2v) is 10.3. The zero-order chi connectivity index (χ0) is 23.9. The fourth-order valence-electron chi connectivity index (χ4n) is 4.28. The van der Waals surface area contributed by atoms with Crippen molar-refractivity contribution in [2.45, 2.75) is 38.3 Å². The van der Waals surface area contributed by atoms with Crippen LogP contribution in [0.1, 0.15) is 38.7 Å². The molecule has 9 nitrogen and oxygen atoms in total. The summed E-state index contributed by atoms with van der Waals surface area (Å²) < 4.78 is 29.6. The van der Waals surface area contributed by atoms with Crippen molar-refractivity contribution in [2.24, 2.45) is 0 Å². The molecule has 2 aromatic heterocycles. The van der Waals surface area contributed by atoms with Crippen molar-refractivity contribution < 1.29 is 13.2 Å². The van der Waals surface area contributed by atoms with Crippen LogP contribution in [0.5, 0.6) is 0 Å². The SMILES string of the molecule is Cc1cc(C)n2c(CNC(=O)c3ccc(S(=O)(=O)N4CCc5ccccc5C4)cc3)nnc2n1. The minimum absolute atomic E-state index is 0.165. The van der Waals surface area contributed by atoms with Crippen molar-refractivity contribution in [3.63, 3.8) is 0 Å². The summed E-state index contributed by atoms with van der Waals surface area (Å²) in [4.78, 5) is 17.2. The zero-order valence-corrected chi connectivity index (χ0v) is 19.7. The maximum atomic E-state index is 13.1.